The smallest absolute Gasteiger partial charge is 0.348 e. The zero-order chi connectivity index (χ0) is 16.9. The van der Waals surface area contributed by atoms with Gasteiger partial charge >= 0.3 is 6.18 Å². The maximum atomic E-state index is 12.9. The Balaban J connectivity index is 1.75. The van der Waals surface area contributed by atoms with Gasteiger partial charge in [0.1, 0.15) is 5.69 Å². The van der Waals surface area contributed by atoms with Gasteiger partial charge in [0.25, 0.3) is 5.91 Å². The number of amides is 1. The van der Waals surface area contributed by atoms with Crippen LogP contribution in [0.4, 0.5) is 13.2 Å². The minimum absolute atomic E-state index is 0.0473. The van der Waals surface area contributed by atoms with E-state index in [0.29, 0.717) is 11.8 Å². The van der Waals surface area contributed by atoms with Crippen molar-refractivity contribution in [1.29, 1.82) is 0 Å². The molecule has 1 heterocycles. The molecule has 1 aromatic rings. The largest absolute Gasteiger partial charge is 0.436 e. The van der Waals surface area contributed by atoms with Gasteiger partial charge in [0.15, 0.2) is 5.69 Å². The Morgan fingerprint density at radius 1 is 1.39 bits per heavy atom. The molecule has 4 atom stereocenters. The monoisotopic (exact) mass is 393 g/mol. The van der Waals surface area contributed by atoms with Gasteiger partial charge in [-0.2, -0.15) is 18.3 Å². The van der Waals surface area contributed by atoms with E-state index in [-0.39, 0.29) is 16.2 Å². The van der Waals surface area contributed by atoms with E-state index in [0.717, 1.165) is 17.0 Å². The van der Waals surface area contributed by atoms with Crippen molar-refractivity contribution in [3.8, 4) is 0 Å². The summed E-state index contributed by atoms with van der Waals surface area (Å²) in [4.78, 5) is 12.4. The second-order valence-corrected chi connectivity index (χ2v) is 7.53. The van der Waals surface area contributed by atoms with Crippen LogP contribution in [0.3, 0.4) is 0 Å². The minimum atomic E-state index is -4.59. The van der Waals surface area contributed by atoms with Crippen molar-refractivity contribution in [3.63, 3.8) is 0 Å². The predicted molar refractivity (Wildman–Crippen MR) is 81.8 cm³/mol. The van der Waals surface area contributed by atoms with Crippen molar-refractivity contribution in [2.24, 2.45) is 24.8 Å². The Labute approximate surface area is 140 Å². The Morgan fingerprint density at radius 3 is 2.57 bits per heavy atom. The normalized spacial score (nSPS) is 28.2. The van der Waals surface area contributed by atoms with Gasteiger partial charge in [0.05, 0.1) is 4.47 Å². The fourth-order valence-electron chi connectivity index (χ4n) is 4.21. The van der Waals surface area contributed by atoms with Crippen molar-refractivity contribution >= 4 is 21.8 Å². The molecule has 23 heavy (non-hydrogen) atoms. The number of nitrogens with zero attached hydrogens (tertiary/aromatic N) is 2. The Hall–Kier alpha value is -1.05. The lowest BCUT2D eigenvalue weighted by Gasteiger charge is -2.28. The van der Waals surface area contributed by atoms with Gasteiger partial charge in [0.2, 0.25) is 0 Å². The summed E-state index contributed by atoms with van der Waals surface area (Å²) in [5.74, 6) is 1.30. The third kappa shape index (κ3) is 3.02. The van der Waals surface area contributed by atoms with Crippen LogP contribution in [0.25, 0.3) is 0 Å². The van der Waals surface area contributed by atoms with E-state index >= 15 is 0 Å². The van der Waals surface area contributed by atoms with Crippen LogP contribution in [0.1, 0.15) is 48.8 Å². The number of hydrogen-bond acceptors (Lipinski definition) is 2. The lowest BCUT2D eigenvalue weighted by molar-refractivity contribution is -0.142. The number of aromatic nitrogens is 2. The molecule has 3 rings (SSSR count). The van der Waals surface area contributed by atoms with Gasteiger partial charge in [-0.3, -0.25) is 9.48 Å². The highest BCUT2D eigenvalue weighted by Crippen LogP contribution is 2.49. The molecule has 0 unspecified atom stereocenters. The lowest BCUT2D eigenvalue weighted by atomic mass is 9.84. The second kappa shape index (κ2) is 5.79. The highest BCUT2D eigenvalue weighted by Gasteiger charge is 2.43. The number of rotatable bonds is 3. The number of halogens is 4. The summed E-state index contributed by atoms with van der Waals surface area (Å²) in [7, 11) is 1.34. The topological polar surface area (TPSA) is 46.9 Å². The van der Waals surface area contributed by atoms with Crippen LogP contribution in [0, 0.1) is 17.8 Å². The summed E-state index contributed by atoms with van der Waals surface area (Å²) in [5, 5.41) is 6.30. The molecule has 1 amide bonds. The molecule has 0 radical (unpaired) electrons. The van der Waals surface area contributed by atoms with Crippen LogP contribution in [0.2, 0.25) is 0 Å². The molecule has 1 aromatic heterocycles. The first-order valence-corrected chi connectivity index (χ1v) is 8.58. The van der Waals surface area contributed by atoms with E-state index in [9.17, 15) is 18.0 Å². The van der Waals surface area contributed by atoms with Gasteiger partial charge in [-0.25, -0.2) is 0 Å². The molecule has 8 heteroatoms. The molecule has 0 aromatic carbocycles. The minimum Gasteiger partial charge on any atom is -0.348 e. The van der Waals surface area contributed by atoms with Crippen molar-refractivity contribution in [2.45, 2.75) is 44.8 Å². The Morgan fingerprint density at radius 2 is 2.09 bits per heavy atom. The molecule has 4 nitrogen and oxygen atoms in total. The fourth-order valence-corrected chi connectivity index (χ4v) is 4.96. The van der Waals surface area contributed by atoms with E-state index in [4.69, 9.17) is 0 Å². The number of fused-ring (bicyclic) bond motifs is 2. The third-order valence-electron chi connectivity index (χ3n) is 5.27. The van der Waals surface area contributed by atoms with E-state index in [1.165, 1.54) is 26.3 Å². The van der Waals surface area contributed by atoms with Crippen molar-refractivity contribution in [1.82, 2.24) is 15.1 Å². The summed E-state index contributed by atoms with van der Waals surface area (Å²) in [5.41, 5.74) is -1.16. The van der Waals surface area contributed by atoms with Gasteiger partial charge in [0, 0.05) is 13.1 Å². The number of hydrogen-bond donors (Lipinski definition) is 1. The number of alkyl halides is 3. The Kier molecular flexibility index (Phi) is 4.23. The average molecular weight is 394 g/mol. The number of aryl methyl sites for hydroxylation is 1. The van der Waals surface area contributed by atoms with Crippen LogP contribution in [0.5, 0.6) is 0 Å². The summed E-state index contributed by atoms with van der Waals surface area (Å²) in [6, 6.07) is -0.0473. The quantitative estimate of drug-likeness (QED) is 0.849. The molecule has 128 valence electrons. The van der Waals surface area contributed by atoms with Crippen LogP contribution in [-0.4, -0.2) is 21.7 Å². The molecule has 0 spiro atoms. The zero-order valence-corrected chi connectivity index (χ0v) is 14.5. The molecule has 2 saturated carbocycles. The first-order chi connectivity index (χ1) is 10.7. The van der Waals surface area contributed by atoms with E-state index in [2.05, 4.69) is 26.3 Å². The van der Waals surface area contributed by atoms with Gasteiger partial charge < -0.3 is 5.32 Å². The van der Waals surface area contributed by atoms with Crippen molar-refractivity contribution in [2.75, 3.05) is 0 Å². The molecule has 2 aliphatic carbocycles. The lowest BCUT2D eigenvalue weighted by Crippen LogP contribution is -2.40. The molecule has 1 N–H and O–H groups in total. The third-order valence-corrected chi connectivity index (χ3v) is 6.02. The van der Waals surface area contributed by atoms with Crippen molar-refractivity contribution < 1.29 is 18.0 Å². The van der Waals surface area contributed by atoms with Crippen LogP contribution in [0.15, 0.2) is 4.47 Å². The summed E-state index contributed by atoms with van der Waals surface area (Å²) in [6.45, 7) is 1.94. The van der Waals surface area contributed by atoms with Gasteiger partial charge in [-0.05, 0) is 59.9 Å². The maximum Gasteiger partial charge on any atom is 0.436 e. The van der Waals surface area contributed by atoms with Gasteiger partial charge in [-0.1, -0.05) is 6.42 Å². The zero-order valence-electron chi connectivity index (χ0n) is 13.0. The van der Waals surface area contributed by atoms with Crippen LogP contribution >= 0.6 is 15.9 Å². The molecule has 0 saturated heterocycles. The van der Waals surface area contributed by atoms with Gasteiger partial charge in [-0.15, -0.1) is 0 Å². The highest BCUT2D eigenvalue weighted by molar-refractivity contribution is 9.10. The first-order valence-electron chi connectivity index (χ1n) is 7.79. The number of carbonyl (C=O) groups is 1. The summed E-state index contributed by atoms with van der Waals surface area (Å²) >= 11 is 2.88. The molecular formula is C15H19BrF3N3O. The SMILES string of the molecule is C[C@H](NC(=O)c1c(Br)c(C(F)(F)F)nn1C)[C@H]1C[C@H]2CC[C@H]1C2. The highest BCUT2D eigenvalue weighted by atomic mass is 79.9. The predicted octanol–water partition coefficient (Wildman–Crippen LogP) is 3.76. The van der Waals surface area contributed by atoms with Crippen LogP contribution in [-0.2, 0) is 13.2 Å². The standard InChI is InChI=1S/C15H19BrF3N3O/c1-7(10-6-8-3-4-9(10)5-8)20-14(23)12-11(16)13(15(17,18)19)21-22(12)2/h7-10H,3-6H2,1-2H3,(H,20,23)/t7-,8-,9-,10+/m0/s1. The molecule has 2 fully saturated rings. The van der Waals surface area contributed by atoms with Crippen LogP contribution < -0.4 is 5.32 Å². The maximum absolute atomic E-state index is 12.9. The summed E-state index contributed by atoms with van der Waals surface area (Å²) < 4.78 is 39.3. The van der Waals surface area contributed by atoms with E-state index in [1.54, 1.807) is 0 Å². The number of nitrogens with one attached hydrogen (secondary N) is 1. The Bertz CT molecular complexity index is 628. The second-order valence-electron chi connectivity index (χ2n) is 6.73. The molecular weight excluding hydrogens is 375 g/mol. The summed E-state index contributed by atoms with van der Waals surface area (Å²) in [6.07, 6.45) is 0.198. The van der Waals surface area contributed by atoms with E-state index in [1.807, 2.05) is 6.92 Å². The fraction of sp³-hybridized carbons (Fsp3) is 0.733. The molecule has 2 aliphatic rings. The molecule has 0 aliphatic heterocycles. The molecule has 2 bridgehead atoms. The van der Waals surface area contributed by atoms with E-state index < -0.39 is 17.8 Å². The average Bonchev–Trinajstić information content (AvgIpc) is 3.12. The van der Waals surface area contributed by atoms with Crippen molar-refractivity contribution in [3.05, 3.63) is 15.9 Å². The first kappa shape index (κ1) is 16.8. The number of carbonyl (C=O) groups excluding carboxylic acids is 1.